The van der Waals surface area contributed by atoms with Gasteiger partial charge < -0.3 is 15.3 Å². The predicted molar refractivity (Wildman–Crippen MR) is 119 cm³/mol. The Bertz CT molecular complexity index is 438. The van der Waals surface area contributed by atoms with Crippen molar-refractivity contribution in [2.45, 2.75) is 129 Å². The average molecular weight is 429 g/mol. The molecule has 0 bridgehead atoms. The molecule has 0 saturated heterocycles. The second-order valence-corrected chi connectivity index (χ2v) is 8.58. The molecule has 0 radical (unpaired) electrons. The fraction of sp³-hybridized carbons (Fsp3) is 0.875. The molecule has 0 saturated carbocycles. The number of rotatable bonds is 22. The van der Waals surface area contributed by atoms with E-state index in [0.717, 1.165) is 19.3 Å². The number of hydrogen-bond acceptors (Lipinski definition) is 3. The van der Waals surface area contributed by atoms with Crippen molar-refractivity contribution in [2.24, 2.45) is 5.41 Å². The Kier molecular flexibility index (Phi) is 17.2. The molecule has 0 unspecified atom stereocenters. The van der Waals surface area contributed by atoms with E-state index < -0.39 is 23.3 Å². The summed E-state index contributed by atoms with van der Waals surface area (Å²) in [5.74, 6) is -5.39. The van der Waals surface area contributed by atoms with E-state index in [0.29, 0.717) is 12.8 Å². The van der Waals surface area contributed by atoms with E-state index in [1.807, 2.05) is 0 Å². The second-order valence-electron chi connectivity index (χ2n) is 8.58. The number of carboxylic acids is 3. The van der Waals surface area contributed by atoms with Gasteiger partial charge in [0.2, 0.25) is 0 Å². The van der Waals surface area contributed by atoms with E-state index in [9.17, 15) is 14.4 Å². The number of carboxylic acid groups (broad SMARTS) is 3. The van der Waals surface area contributed by atoms with Crippen molar-refractivity contribution in [1.29, 1.82) is 0 Å². The Morgan fingerprint density at radius 2 is 0.700 bits per heavy atom. The van der Waals surface area contributed by atoms with Crippen LogP contribution < -0.4 is 0 Å². The molecule has 0 aromatic carbocycles. The van der Waals surface area contributed by atoms with Crippen LogP contribution in [0.4, 0.5) is 0 Å². The first-order valence-corrected chi connectivity index (χ1v) is 12.1. The highest BCUT2D eigenvalue weighted by Crippen LogP contribution is 2.27. The molecular formula is C24H44O6. The minimum absolute atomic E-state index is 0.295. The van der Waals surface area contributed by atoms with E-state index in [2.05, 4.69) is 6.92 Å². The molecule has 3 N–H and O–H groups in total. The van der Waals surface area contributed by atoms with Gasteiger partial charge in [-0.05, 0) is 6.42 Å². The van der Waals surface area contributed by atoms with E-state index in [4.69, 9.17) is 15.3 Å². The van der Waals surface area contributed by atoms with E-state index >= 15 is 0 Å². The van der Waals surface area contributed by atoms with Gasteiger partial charge in [-0.3, -0.25) is 14.4 Å². The maximum atomic E-state index is 11.2. The molecular weight excluding hydrogens is 384 g/mol. The highest BCUT2D eigenvalue weighted by atomic mass is 16.4. The van der Waals surface area contributed by atoms with Crippen LogP contribution in [0, 0.1) is 5.41 Å². The topological polar surface area (TPSA) is 112 Å². The molecule has 0 amide bonds. The van der Waals surface area contributed by atoms with Gasteiger partial charge in [0.15, 0.2) is 0 Å². The largest absolute Gasteiger partial charge is 0.480 e. The summed E-state index contributed by atoms with van der Waals surface area (Å²) < 4.78 is 0. The maximum absolute atomic E-state index is 11.2. The zero-order valence-corrected chi connectivity index (χ0v) is 19.0. The van der Waals surface area contributed by atoms with Gasteiger partial charge in [0, 0.05) is 0 Å². The summed E-state index contributed by atoms with van der Waals surface area (Å²) in [5.41, 5.74) is -2.71. The van der Waals surface area contributed by atoms with Crippen molar-refractivity contribution in [1.82, 2.24) is 0 Å². The molecule has 0 rings (SSSR count). The SMILES string of the molecule is CCCCCCCCCCCCCCCCCCCCC(C(=O)O)(C(=O)O)C(=O)O. The first-order chi connectivity index (χ1) is 14.4. The van der Waals surface area contributed by atoms with E-state index in [1.54, 1.807) is 0 Å². The lowest BCUT2D eigenvalue weighted by atomic mass is 9.82. The van der Waals surface area contributed by atoms with Crippen LogP contribution in [0.15, 0.2) is 0 Å². The van der Waals surface area contributed by atoms with Crippen LogP contribution in [0.1, 0.15) is 129 Å². The lowest BCUT2D eigenvalue weighted by Crippen LogP contribution is -2.46. The fourth-order valence-corrected chi connectivity index (χ4v) is 3.89. The minimum Gasteiger partial charge on any atom is -0.480 e. The monoisotopic (exact) mass is 428 g/mol. The molecule has 30 heavy (non-hydrogen) atoms. The smallest absolute Gasteiger partial charge is 0.332 e. The van der Waals surface area contributed by atoms with Crippen LogP contribution in [-0.2, 0) is 14.4 Å². The highest BCUT2D eigenvalue weighted by molar-refractivity contribution is 6.16. The predicted octanol–water partition coefficient (Wildman–Crippen LogP) is 6.66. The molecule has 0 spiro atoms. The molecule has 0 atom stereocenters. The molecule has 0 aliphatic rings. The van der Waals surface area contributed by atoms with Crippen molar-refractivity contribution >= 4 is 17.9 Å². The quantitative estimate of drug-likeness (QED) is 0.131. The molecule has 0 aromatic heterocycles. The second kappa shape index (κ2) is 18.2. The van der Waals surface area contributed by atoms with E-state index in [-0.39, 0.29) is 6.42 Å². The normalized spacial score (nSPS) is 11.5. The number of unbranched alkanes of at least 4 members (excludes halogenated alkanes) is 17. The summed E-state index contributed by atoms with van der Waals surface area (Å²) in [5, 5.41) is 27.1. The van der Waals surface area contributed by atoms with Gasteiger partial charge in [-0.15, -0.1) is 0 Å². The van der Waals surface area contributed by atoms with Crippen LogP contribution in [-0.4, -0.2) is 33.2 Å². The zero-order valence-electron chi connectivity index (χ0n) is 19.0. The van der Waals surface area contributed by atoms with Crippen LogP contribution in [0.5, 0.6) is 0 Å². The van der Waals surface area contributed by atoms with Gasteiger partial charge in [-0.1, -0.05) is 122 Å². The molecule has 0 heterocycles. The van der Waals surface area contributed by atoms with Crippen molar-refractivity contribution in [3.8, 4) is 0 Å². The molecule has 6 nitrogen and oxygen atoms in total. The van der Waals surface area contributed by atoms with Gasteiger partial charge in [-0.2, -0.15) is 0 Å². The summed E-state index contributed by atoms with van der Waals surface area (Å²) in [6.07, 6.45) is 21.0. The third-order valence-electron chi connectivity index (χ3n) is 6.00. The molecule has 6 heteroatoms. The van der Waals surface area contributed by atoms with Crippen LogP contribution >= 0.6 is 0 Å². The molecule has 0 aliphatic carbocycles. The van der Waals surface area contributed by atoms with Crippen LogP contribution in [0.2, 0.25) is 0 Å². The number of aliphatic carboxylic acids is 3. The third kappa shape index (κ3) is 12.2. The Morgan fingerprint density at radius 3 is 0.933 bits per heavy atom. The van der Waals surface area contributed by atoms with Crippen molar-refractivity contribution in [3.05, 3.63) is 0 Å². The number of carbonyl (C=O) groups is 3. The first kappa shape index (κ1) is 28.4. The third-order valence-corrected chi connectivity index (χ3v) is 6.00. The Hall–Kier alpha value is -1.59. The molecule has 0 aliphatic heterocycles. The van der Waals surface area contributed by atoms with Crippen LogP contribution in [0.25, 0.3) is 0 Å². The summed E-state index contributed by atoms with van der Waals surface area (Å²) in [4.78, 5) is 33.5. The van der Waals surface area contributed by atoms with Gasteiger partial charge in [-0.25, -0.2) is 0 Å². The zero-order chi connectivity index (χ0) is 22.7. The Labute approximate surface area is 182 Å². The van der Waals surface area contributed by atoms with Gasteiger partial charge in [0.1, 0.15) is 0 Å². The summed E-state index contributed by atoms with van der Waals surface area (Å²) in [7, 11) is 0. The summed E-state index contributed by atoms with van der Waals surface area (Å²) >= 11 is 0. The lowest BCUT2D eigenvalue weighted by Gasteiger charge is -2.19. The van der Waals surface area contributed by atoms with Crippen LogP contribution in [0.3, 0.4) is 0 Å². The van der Waals surface area contributed by atoms with Gasteiger partial charge in [0.05, 0.1) is 0 Å². The summed E-state index contributed by atoms with van der Waals surface area (Å²) in [6.45, 7) is 2.25. The van der Waals surface area contributed by atoms with E-state index in [1.165, 1.54) is 83.5 Å². The van der Waals surface area contributed by atoms with Gasteiger partial charge in [0.25, 0.3) is 5.41 Å². The number of hydrogen-bond donors (Lipinski definition) is 3. The standard InChI is InChI=1S/C24H44O6/c1-2-3-4-5-6-7-8-9-10-11-12-13-14-15-16-17-18-19-20-24(21(25)26,22(27)28)23(29)30/h2-20H2,1H3,(H,25,26)(H,27,28)(H,29,30). The molecule has 176 valence electrons. The Morgan fingerprint density at radius 1 is 0.467 bits per heavy atom. The van der Waals surface area contributed by atoms with Crippen molar-refractivity contribution < 1.29 is 29.7 Å². The lowest BCUT2D eigenvalue weighted by molar-refractivity contribution is -0.176. The van der Waals surface area contributed by atoms with Crippen molar-refractivity contribution in [3.63, 3.8) is 0 Å². The molecule has 0 fully saturated rings. The van der Waals surface area contributed by atoms with Crippen molar-refractivity contribution in [2.75, 3.05) is 0 Å². The fourth-order valence-electron chi connectivity index (χ4n) is 3.89. The highest BCUT2D eigenvalue weighted by Gasteiger charge is 2.53. The Balaban J connectivity index is 3.51. The molecule has 0 aromatic rings. The van der Waals surface area contributed by atoms with Gasteiger partial charge >= 0.3 is 17.9 Å². The average Bonchev–Trinajstić information content (AvgIpc) is 2.69. The summed E-state index contributed by atoms with van der Waals surface area (Å²) in [6, 6.07) is 0. The first-order valence-electron chi connectivity index (χ1n) is 12.1. The minimum atomic E-state index is -2.71. The maximum Gasteiger partial charge on any atom is 0.332 e.